The number of aryl methyl sites for hydroxylation is 2. The van der Waals surface area contributed by atoms with Crippen LogP contribution in [0, 0.1) is 13.8 Å². The van der Waals surface area contributed by atoms with Crippen molar-refractivity contribution in [3.8, 4) is 0 Å². The Morgan fingerprint density at radius 1 is 1.28 bits per heavy atom. The van der Waals surface area contributed by atoms with Crippen molar-refractivity contribution in [2.75, 3.05) is 13.1 Å². The van der Waals surface area contributed by atoms with E-state index in [1.807, 2.05) is 27.7 Å². The van der Waals surface area contributed by atoms with E-state index in [1.54, 1.807) is 18.0 Å². The van der Waals surface area contributed by atoms with Crippen LogP contribution in [-0.2, 0) is 4.74 Å². The summed E-state index contributed by atoms with van der Waals surface area (Å²) >= 11 is 0. The molecule has 2 atom stereocenters. The molecule has 1 aliphatic heterocycles. The molecule has 0 unspecified atom stereocenters. The zero-order valence-electron chi connectivity index (χ0n) is 15.2. The molecule has 0 aromatic carbocycles. The second-order valence-corrected chi connectivity index (χ2v) is 6.68. The fraction of sp³-hybridized carbons (Fsp3) is 0.588. The Morgan fingerprint density at radius 3 is 2.68 bits per heavy atom. The number of ether oxygens (including phenoxy) is 1. The van der Waals surface area contributed by atoms with Gasteiger partial charge in [0.25, 0.3) is 5.91 Å². The number of carbonyl (C=O) groups excluding carboxylic acids is 1. The van der Waals surface area contributed by atoms with Gasteiger partial charge in [0.05, 0.1) is 23.9 Å². The molecule has 0 spiro atoms. The topological polar surface area (TPSA) is 94.2 Å². The quantitative estimate of drug-likeness (QED) is 0.841. The number of nitrogens with zero attached hydrogens (tertiary/aromatic N) is 5. The van der Waals surface area contributed by atoms with Crippen molar-refractivity contribution in [2.45, 2.75) is 52.7 Å². The van der Waals surface area contributed by atoms with Gasteiger partial charge in [-0.3, -0.25) is 4.79 Å². The van der Waals surface area contributed by atoms with Crippen molar-refractivity contribution in [3.05, 3.63) is 35.1 Å². The summed E-state index contributed by atoms with van der Waals surface area (Å²) < 4.78 is 11.4. The second-order valence-electron chi connectivity index (χ2n) is 6.68. The van der Waals surface area contributed by atoms with E-state index in [0.29, 0.717) is 36.3 Å². The molecule has 134 valence electrons. The normalized spacial score (nSPS) is 21.0. The van der Waals surface area contributed by atoms with Crippen LogP contribution in [0.4, 0.5) is 0 Å². The minimum atomic E-state index is -0.428. The van der Waals surface area contributed by atoms with Crippen molar-refractivity contribution < 1.29 is 13.9 Å². The van der Waals surface area contributed by atoms with Crippen molar-refractivity contribution in [1.29, 1.82) is 0 Å². The minimum absolute atomic E-state index is 0.0971. The molecule has 0 radical (unpaired) electrons. The van der Waals surface area contributed by atoms with Gasteiger partial charge in [-0.25, -0.2) is 9.97 Å². The predicted molar refractivity (Wildman–Crippen MR) is 89.1 cm³/mol. The molecule has 0 saturated carbocycles. The van der Waals surface area contributed by atoms with Crippen LogP contribution >= 0.6 is 0 Å². The average molecular weight is 345 g/mol. The van der Waals surface area contributed by atoms with Gasteiger partial charge < -0.3 is 14.1 Å². The first-order valence-electron chi connectivity index (χ1n) is 8.43. The Bertz CT molecular complexity index is 773. The highest BCUT2D eigenvalue weighted by Crippen LogP contribution is 2.26. The Labute approximate surface area is 146 Å². The van der Waals surface area contributed by atoms with E-state index < -0.39 is 6.10 Å². The van der Waals surface area contributed by atoms with Crippen molar-refractivity contribution in [3.63, 3.8) is 0 Å². The van der Waals surface area contributed by atoms with E-state index in [4.69, 9.17) is 9.15 Å². The minimum Gasteiger partial charge on any atom is -0.423 e. The van der Waals surface area contributed by atoms with E-state index in [9.17, 15) is 4.79 Å². The van der Waals surface area contributed by atoms with Gasteiger partial charge in [0.15, 0.2) is 6.10 Å². The summed E-state index contributed by atoms with van der Waals surface area (Å²) in [5.74, 6) is 1.57. The van der Waals surface area contributed by atoms with Gasteiger partial charge in [0.2, 0.25) is 11.8 Å². The SMILES string of the molecule is Cc1ncc(C(=O)N2C[C@@H](C)O[C@@H](c3nnc(C)o3)C2)c(C(C)C)n1. The van der Waals surface area contributed by atoms with Gasteiger partial charge >= 0.3 is 0 Å². The number of amides is 1. The zero-order valence-corrected chi connectivity index (χ0v) is 15.2. The Balaban J connectivity index is 1.86. The van der Waals surface area contributed by atoms with E-state index in [0.717, 1.165) is 5.69 Å². The number of rotatable bonds is 3. The van der Waals surface area contributed by atoms with Crippen molar-refractivity contribution in [2.24, 2.45) is 0 Å². The molecule has 2 aromatic heterocycles. The van der Waals surface area contributed by atoms with Gasteiger partial charge in [-0.15, -0.1) is 10.2 Å². The fourth-order valence-electron chi connectivity index (χ4n) is 2.96. The first-order chi connectivity index (χ1) is 11.8. The predicted octanol–water partition coefficient (Wildman–Crippen LogP) is 2.20. The lowest BCUT2D eigenvalue weighted by molar-refractivity contribution is -0.0797. The molecule has 25 heavy (non-hydrogen) atoms. The summed E-state index contributed by atoms with van der Waals surface area (Å²) in [6, 6.07) is 0. The molecule has 2 aromatic rings. The number of hydrogen-bond acceptors (Lipinski definition) is 7. The van der Waals surface area contributed by atoms with Crippen LogP contribution < -0.4 is 0 Å². The largest absolute Gasteiger partial charge is 0.423 e. The lowest BCUT2D eigenvalue weighted by Gasteiger charge is -2.35. The molecule has 1 aliphatic rings. The summed E-state index contributed by atoms with van der Waals surface area (Å²) in [7, 11) is 0. The molecule has 3 heterocycles. The van der Waals surface area contributed by atoms with Crippen LogP contribution in [0.25, 0.3) is 0 Å². The molecule has 0 bridgehead atoms. The zero-order chi connectivity index (χ0) is 18.1. The summed E-state index contributed by atoms with van der Waals surface area (Å²) in [5, 5.41) is 7.87. The van der Waals surface area contributed by atoms with E-state index in [1.165, 1.54) is 0 Å². The Kier molecular flexibility index (Phi) is 4.80. The molecule has 1 amide bonds. The van der Waals surface area contributed by atoms with Crippen LogP contribution in [0.15, 0.2) is 10.6 Å². The van der Waals surface area contributed by atoms with E-state index in [-0.39, 0.29) is 17.9 Å². The summed E-state index contributed by atoms with van der Waals surface area (Å²) in [6.45, 7) is 10.4. The van der Waals surface area contributed by atoms with Crippen LogP contribution in [0.3, 0.4) is 0 Å². The number of carbonyl (C=O) groups is 1. The number of aromatic nitrogens is 4. The molecule has 0 N–H and O–H groups in total. The maximum atomic E-state index is 13.1. The smallest absolute Gasteiger partial charge is 0.257 e. The third-order valence-electron chi connectivity index (χ3n) is 4.08. The molecule has 0 aliphatic carbocycles. The number of morpholine rings is 1. The lowest BCUT2D eigenvalue weighted by atomic mass is 10.0. The van der Waals surface area contributed by atoms with Gasteiger partial charge in [-0.05, 0) is 19.8 Å². The number of hydrogen-bond donors (Lipinski definition) is 0. The monoisotopic (exact) mass is 345 g/mol. The van der Waals surface area contributed by atoms with Gasteiger partial charge in [-0.1, -0.05) is 13.8 Å². The van der Waals surface area contributed by atoms with E-state index in [2.05, 4.69) is 20.2 Å². The first kappa shape index (κ1) is 17.5. The third-order valence-corrected chi connectivity index (χ3v) is 4.08. The van der Waals surface area contributed by atoms with Gasteiger partial charge in [0.1, 0.15) is 5.82 Å². The Morgan fingerprint density at radius 2 is 2.04 bits per heavy atom. The maximum absolute atomic E-state index is 13.1. The maximum Gasteiger partial charge on any atom is 0.257 e. The van der Waals surface area contributed by atoms with Crippen LogP contribution in [0.5, 0.6) is 0 Å². The lowest BCUT2D eigenvalue weighted by Crippen LogP contribution is -2.46. The van der Waals surface area contributed by atoms with Crippen LogP contribution in [0.1, 0.15) is 66.5 Å². The Hall–Kier alpha value is -2.35. The van der Waals surface area contributed by atoms with Crippen molar-refractivity contribution in [1.82, 2.24) is 25.1 Å². The van der Waals surface area contributed by atoms with Gasteiger partial charge in [-0.2, -0.15) is 0 Å². The van der Waals surface area contributed by atoms with Crippen LogP contribution in [-0.4, -0.2) is 50.2 Å². The molecule has 1 saturated heterocycles. The molecule has 3 rings (SSSR count). The highest BCUT2D eigenvalue weighted by Gasteiger charge is 2.34. The van der Waals surface area contributed by atoms with Crippen LogP contribution in [0.2, 0.25) is 0 Å². The second kappa shape index (κ2) is 6.87. The summed E-state index contributed by atoms with van der Waals surface area (Å²) in [6.07, 6.45) is 1.05. The summed E-state index contributed by atoms with van der Waals surface area (Å²) in [4.78, 5) is 23.5. The van der Waals surface area contributed by atoms with Crippen molar-refractivity contribution >= 4 is 5.91 Å². The average Bonchev–Trinajstić information content (AvgIpc) is 3.00. The molecular weight excluding hydrogens is 322 g/mol. The summed E-state index contributed by atoms with van der Waals surface area (Å²) in [5.41, 5.74) is 1.30. The fourth-order valence-corrected chi connectivity index (χ4v) is 2.96. The molecule has 1 fully saturated rings. The standard InChI is InChI=1S/C17H23N5O3/c1-9(2)15-13(6-18-11(4)19-15)17(23)22-7-10(3)24-14(8-22)16-21-20-12(5)25-16/h6,9-10,14H,7-8H2,1-5H3/t10-,14-/m1/s1. The third kappa shape index (κ3) is 3.68. The highest BCUT2D eigenvalue weighted by atomic mass is 16.5. The molecular formula is C17H23N5O3. The highest BCUT2D eigenvalue weighted by molar-refractivity contribution is 5.95. The molecule has 8 heteroatoms. The molecule has 8 nitrogen and oxygen atoms in total. The first-order valence-corrected chi connectivity index (χ1v) is 8.43. The van der Waals surface area contributed by atoms with Gasteiger partial charge in [0, 0.05) is 19.7 Å². The van der Waals surface area contributed by atoms with E-state index >= 15 is 0 Å².